The van der Waals surface area contributed by atoms with Crippen molar-refractivity contribution in [3.05, 3.63) is 0 Å². The van der Waals surface area contributed by atoms with E-state index in [9.17, 15) is 59.4 Å². The molecule has 2 saturated heterocycles. The highest BCUT2D eigenvalue weighted by atomic mass is 16.6. The van der Waals surface area contributed by atoms with E-state index < -0.39 is 134 Å². The van der Waals surface area contributed by atoms with Crippen LogP contribution in [0.2, 0.25) is 0 Å². The van der Waals surface area contributed by atoms with Crippen molar-refractivity contribution in [2.24, 2.45) is 5.73 Å². The number of ether oxygens (including phenoxy) is 3. The van der Waals surface area contributed by atoms with Gasteiger partial charge in [-0.05, 0) is 19.3 Å². The van der Waals surface area contributed by atoms with Crippen LogP contribution in [0.25, 0.3) is 0 Å². The maximum absolute atomic E-state index is 13.4. The number of primary amides is 1. The Kier molecular flexibility index (Phi) is 26.4. The number of carboxylic acid groups (broad SMARTS) is 1. The second kappa shape index (κ2) is 29.9. The van der Waals surface area contributed by atoms with E-state index in [-0.39, 0.29) is 19.3 Å². The molecule has 0 saturated carbocycles. The van der Waals surface area contributed by atoms with E-state index in [0.29, 0.717) is 6.42 Å². The van der Waals surface area contributed by atoms with Gasteiger partial charge in [-0.1, -0.05) is 104 Å². The van der Waals surface area contributed by atoms with Gasteiger partial charge in [0, 0.05) is 19.8 Å². The number of rotatable bonds is 32. The lowest BCUT2D eigenvalue weighted by Crippen LogP contribution is -2.80. The highest BCUT2D eigenvalue weighted by molar-refractivity contribution is 5.92. The molecule has 2 heterocycles. The molecular formula is C43H77N5O16. The van der Waals surface area contributed by atoms with Gasteiger partial charge in [-0.2, -0.15) is 0 Å². The Morgan fingerprint density at radius 1 is 0.703 bits per heavy atom. The van der Waals surface area contributed by atoms with E-state index in [4.69, 9.17) is 25.1 Å². The molecule has 2 rings (SSSR count). The molecule has 5 amide bonds. The first-order chi connectivity index (χ1) is 30.5. The maximum Gasteiger partial charge on any atom is 0.303 e. The summed E-state index contributed by atoms with van der Waals surface area (Å²) >= 11 is 0. The number of aliphatic hydroxyl groups excluding tert-OH is 5. The molecule has 0 aromatic rings. The molecule has 0 radical (unpaired) electrons. The third-order valence-electron chi connectivity index (χ3n) is 11.9. The van der Waals surface area contributed by atoms with Crippen molar-refractivity contribution in [2.45, 2.75) is 215 Å². The number of hydrogen-bond donors (Lipinski definition) is 12. The molecule has 21 nitrogen and oxygen atoms in total. The molecular weight excluding hydrogens is 842 g/mol. The lowest BCUT2D eigenvalue weighted by atomic mass is 9.73. The average molecular weight is 920 g/mol. The fourth-order valence-electron chi connectivity index (χ4n) is 8.30. The lowest BCUT2D eigenvalue weighted by Gasteiger charge is -2.56. The Bertz CT molecular complexity index is 1440. The van der Waals surface area contributed by atoms with Crippen LogP contribution in [-0.4, -0.2) is 164 Å². The summed E-state index contributed by atoms with van der Waals surface area (Å²) in [4.78, 5) is 75.1. The van der Waals surface area contributed by atoms with Gasteiger partial charge in [0.2, 0.25) is 29.5 Å². The number of hydrogen-bond acceptors (Lipinski definition) is 15. The molecule has 64 heavy (non-hydrogen) atoms. The smallest absolute Gasteiger partial charge is 0.303 e. The molecule has 0 bridgehead atoms. The van der Waals surface area contributed by atoms with E-state index >= 15 is 0 Å². The second-order valence-corrected chi connectivity index (χ2v) is 17.0. The Morgan fingerprint density at radius 3 is 1.75 bits per heavy atom. The minimum Gasteiger partial charge on any atom is -0.481 e. The number of nitrogens with one attached hydrogen (secondary N) is 4. The summed E-state index contributed by atoms with van der Waals surface area (Å²) in [6, 6.07) is -6.08. The molecule has 0 unspecified atom stereocenters. The number of nitrogens with two attached hydrogens (primary N) is 1. The maximum atomic E-state index is 13.4. The molecule has 2 aliphatic rings. The van der Waals surface area contributed by atoms with Crippen molar-refractivity contribution in [3.63, 3.8) is 0 Å². The standard InChI is InChI=1S/C43H77N5O16/c1-4-6-7-8-9-10-11-12-13-14-15-16-17-18-19-20-31(52)48-34-37(57)36(56)29(23-49)63-39(34)43(61)30(24-50)64-42(60)35(45-26(3)51)38(43)62-25-32(53)46-27(5-2)41(59)47-28(40(44)58)21-22-33(54)55/h27-30,34-39,42,49-50,56-57,60-61H,4-25H2,1-3H3,(H2,44,58)(H,45,51)(H,46,53)(H,47,59)(H,48,52)(H,54,55)/t27-,28+,29+,30+,34+,35+,36+,37+,38+,39+,42+,43+/m0/s1. The van der Waals surface area contributed by atoms with E-state index in [1.165, 1.54) is 64.7 Å². The zero-order chi connectivity index (χ0) is 47.8. The van der Waals surface area contributed by atoms with Crippen LogP contribution in [0.4, 0.5) is 0 Å². The minimum absolute atomic E-state index is 0.00860. The van der Waals surface area contributed by atoms with Gasteiger partial charge in [0.25, 0.3) is 0 Å². The fourth-order valence-corrected chi connectivity index (χ4v) is 8.30. The summed E-state index contributed by atoms with van der Waals surface area (Å²) in [6.07, 6.45) is 2.97. The number of carbonyl (C=O) groups is 6. The van der Waals surface area contributed by atoms with Gasteiger partial charge in [0.1, 0.15) is 67.0 Å². The van der Waals surface area contributed by atoms with Crippen LogP contribution in [0.15, 0.2) is 0 Å². The summed E-state index contributed by atoms with van der Waals surface area (Å²) in [7, 11) is 0. The molecule has 0 spiro atoms. The Labute approximate surface area is 375 Å². The molecule has 370 valence electrons. The highest BCUT2D eigenvalue weighted by Gasteiger charge is 2.65. The van der Waals surface area contributed by atoms with Crippen LogP contribution in [0.5, 0.6) is 0 Å². The zero-order valence-electron chi connectivity index (χ0n) is 37.8. The monoisotopic (exact) mass is 920 g/mol. The predicted octanol–water partition coefficient (Wildman–Crippen LogP) is -0.726. The minimum atomic E-state index is -2.79. The van der Waals surface area contributed by atoms with Gasteiger partial charge < -0.3 is 77.0 Å². The van der Waals surface area contributed by atoms with Gasteiger partial charge in [-0.3, -0.25) is 28.8 Å². The van der Waals surface area contributed by atoms with E-state index in [1.807, 2.05) is 0 Å². The summed E-state index contributed by atoms with van der Waals surface area (Å²) < 4.78 is 17.4. The van der Waals surface area contributed by atoms with E-state index in [0.717, 1.165) is 39.0 Å². The number of carbonyl (C=O) groups excluding carboxylic acids is 5. The van der Waals surface area contributed by atoms with Crippen molar-refractivity contribution in [1.82, 2.24) is 21.3 Å². The molecule has 21 heteroatoms. The largest absolute Gasteiger partial charge is 0.481 e. The highest BCUT2D eigenvalue weighted by Crippen LogP contribution is 2.40. The molecule has 13 N–H and O–H groups in total. The van der Waals surface area contributed by atoms with Crippen molar-refractivity contribution < 1.29 is 78.7 Å². The van der Waals surface area contributed by atoms with Crippen molar-refractivity contribution in [3.8, 4) is 0 Å². The SMILES string of the molecule is CCCCCCCCCCCCCCCCCC(=O)N[C@@H]1[C@@H](O)[C@H](O)[C@@H](CO)O[C@H]1[C@]1(O)[C@H](OCC(=O)N[C@@H](CC)C(=O)N[C@H](CCC(=O)O)C(N)=O)[C@@H](NC(C)=O)[C@H](O)O[C@@H]1CO. The van der Waals surface area contributed by atoms with E-state index in [2.05, 4.69) is 28.2 Å². The third-order valence-corrected chi connectivity index (χ3v) is 11.9. The normalized spacial score (nSPS) is 27.8. The molecule has 2 fully saturated rings. The quantitative estimate of drug-likeness (QED) is 0.0370. The van der Waals surface area contributed by atoms with Gasteiger partial charge in [-0.15, -0.1) is 0 Å². The first-order valence-corrected chi connectivity index (χ1v) is 23.0. The van der Waals surface area contributed by atoms with Gasteiger partial charge in [0.05, 0.1) is 19.3 Å². The summed E-state index contributed by atoms with van der Waals surface area (Å²) in [6.45, 7) is 1.83. The number of carboxylic acids is 1. The van der Waals surface area contributed by atoms with Crippen molar-refractivity contribution in [2.75, 3.05) is 19.8 Å². The third kappa shape index (κ3) is 18.0. The number of unbranched alkanes of at least 4 members (excludes halogenated alkanes) is 14. The first-order valence-electron chi connectivity index (χ1n) is 23.0. The van der Waals surface area contributed by atoms with Gasteiger partial charge in [-0.25, -0.2) is 0 Å². The van der Waals surface area contributed by atoms with Crippen LogP contribution in [0.1, 0.15) is 143 Å². The van der Waals surface area contributed by atoms with Crippen molar-refractivity contribution >= 4 is 35.5 Å². The Hall–Kier alpha value is -3.54. The zero-order valence-corrected chi connectivity index (χ0v) is 37.8. The van der Waals surface area contributed by atoms with Crippen LogP contribution in [0.3, 0.4) is 0 Å². The van der Waals surface area contributed by atoms with Crippen LogP contribution in [-0.2, 0) is 43.0 Å². The average Bonchev–Trinajstić information content (AvgIpc) is 3.24. The Morgan fingerprint density at radius 2 is 1.27 bits per heavy atom. The first kappa shape index (κ1) is 56.6. The molecule has 0 aromatic carbocycles. The van der Waals surface area contributed by atoms with Crippen LogP contribution in [0, 0.1) is 0 Å². The summed E-state index contributed by atoms with van der Waals surface area (Å²) in [5, 5.41) is 85.2. The summed E-state index contributed by atoms with van der Waals surface area (Å²) in [5.74, 6) is -5.51. The number of aliphatic hydroxyl groups is 6. The van der Waals surface area contributed by atoms with Gasteiger partial charge in [0.15, 0.2) is 6.29 Å². The molecule has 2 aliphatic heterocycles. The molecule has 12 atom stereocenters. The fraction of sp³-hybridized carbons (Fsp3) is 0.860. The number of amides is 5. The topological polar surface area (TPSA) is 346 Å². The second-order valence-electron chi connectivity index (χ2n) is 17.0. The Balaban J connectivity index is 2.21. The van der Waals surface area contributed by atoms with Crippen LogP contribution < -0.4 is 27.0 Å². The lowest BCUT2D eigenvalue weighted by molar-refractivity contribution is -0.344. The number of aliphatic carboxylic acids is 1. The van der Waals surface area contributed by atoms with Crippen LogP contribution >= 0.6 is 0 Å². The van der Waals surface area contributed by atoms with Gasteiger partial charge >= 0.3 is 5.97 Å². The molecule has 0 aliphatic carbocycles. The summed E-state index contributed by atoms with van der Waals surface area (Å²) in [5.41, 5.74) is 2.53. The van der Waals surface area contributed by atoms with E-state index in [1.54, 1.807) is 0 Å². The van der Waals surface area contributed by atoms with Crippen molar-refractivity contribution in [1.29, 1.82) is 0 Å². The molecule has 0 aromatic heterocycles. The predicted molar refractivity (Wildman–Crippen MR) is 230 cm³/mol.